The molecule has 0 saturated carbocycles. The Morgan fingerprint density at radius 3 is 2.61 bits per heavy atom. The highest BCUT2D eigenvalue weighted by Crippen LogP contribution is 2.38. The van der Waals surface area contributed by atoms with Crippen LogP contribution < -0.4 is 14.4 Å². The van der Waals surface area contributed by atoms with Gasteiger partial charge in [-0.05, 0) is 50.6 Å². The number of ether oxygens (including phenoxy) is 1. The average molecular weight is 423 g/mol. The van der Waals surface area contributed by atoms with E-state index in [1.165, 1.54) is 10.4 Å². The third-order valence-corrected chi connectivity index (χ3v) is 6.72. The second kappa shape index (κ2) is 8.01. The molecule has 0 aromatic heterocycles. The summed E-state index contributed by atoms with van der Waals surface area (Å²) < 4.78 is 33.6. The molecular formula is C20H23ClN2O4S. The number of amides is 1. The Balaban J connectivity index is 2.02. The summed E-state index contributed by atoms with van der Waals surface area (Å²) in [7, 11) is -3.89. The third kappa shape index (κ3) is 4.10. The van der Waals surface area contributed by atoms with Crippen molar-refractivity contribution in [3.8, 4) is 5.75 Å². The maximum Gasteiger partial charge on any atom is 0.264 e. The highest BCUT2D eigenvalue weighted by atomic mass is 35.5. The normalized spacial score (nSPS) is 17.4. The molecule has 28 heavy (non-hydrogen) atoms. The van der Waals surface area contributed by atoms with E-state index < -0.39 is 16.1 Å². The van der Waals surface area contributed by atoms with Crippen molar-refractivity contribution in [3.63, 3.8) is 0 Å². The summed E-state index contributed by atoms with van der Waals surface area (Å²) in [6.07, 6.45) is -0.196. The van der Waals surface area contributed by atoms with Crippen molar-refractivity contribution in [2.24, 2.45) is 0 Å². The van der Waals surface area contributed by atoms with E-state index in [1.807, 2.05) is 20.8 Å². The van der Waals surface area contributed by atoms with Gasteiger partial charge in [-0.1, -0.05) is 36.2 Å². The van der Waals surface area contributed by atoms with Crippen molar-refractivity contribution >= 4 is 33.2 Å². The minimum atomic E-state index is -3.89. The summed E-state index contributed by atoms with van der Waals surface area (Å²) >= 11 is 6.09. The van der Waals surface area contributed by atoms with Crippen LogP contribution in [0.15, 0.2) is 47.4 Å². The molecule has 1 N–H and O–H groups in total. The average Bonchev–Trinajstić information content (AvgIpc) is 2.67. The first-order valence-corrected chi connectivity index (χ1v) is 10.9. The Morgan fingerprint density at radius 2 is 1.96 bits per heavy atom. The number of anilines is 1. The van der Waals surface area contributed by atoms with Crippen LogP contribution in [0.4, 0.5) is 5.69 Å². The van der Waals surface area contributed by atoms with Gasteiger partial charge in [-0.2, -0.15) is 0 Å². The van der Waals surface area contributed by atoms with E-state index in [0.29, 0.717) is 16.5 Å². The van der Waals surface area contributed by atoms with Crippen LogP contribution in [0.25, 0.3) is 0 Å². The van der Waals surface area contributed by atoms with E-state index >= 15 is 0 Å². The molecule has 1 aliphatic rings. The molecule has 0 unspecified atom stereocenters. The lowest BCUT2D eigenvalue weighted by molar-refractivity contribution is -0.128. The van der Waals surface area contributed by atoms with Crippen molar-refractivity contribution in [2.45, 2.75) is 44.2 Å². The van der Waals surface area contributed by atoms with Gasteiger partial charge in [-0.25, -0.2) is 8.42 Å². The molecule has 0 fully saturated rings. The quantitative estimate of drug-likeness (QED) is 0.799. The third-order valence-electron chi connectivity index (χ3n) is 4.69. The number of hydrogen-bond donors (Lipinski definition) is 1. The number of carbonyl (C=O) groups excluding carboxylic acids is 1. The lowest BCUT2D eigenvalue weighted by Crippen LogP contribution is -2.52. The minimum Gasteiger partial charge on any atom is -0.476 e. The number of aryl methyl sites for hydroxylation is 1. The van der Waals surface area contributed by atoms with Gasteiger partial charge < -0.3 is 10.1 Å². The Hall–Kier alpha value is -2.25. The van der Waals surface area contributed by atoms with E-state index in [1.54, 1.807) is 36.4 Å². The van der Waals surface area contributed by atoms with Gasteiger partial charge in [-0.15, -0.1) is 0 Å². The Bertz CT molecular complexity index is 976. The van der Waals surface area contributed by atoms with E-state index in [4.69, 9.17) is 16.3 Å². The van der Waals surface area contributed by atoms with E-state index in [9.17, 15) is 13.2 Å². The maximum absolute atomic E-state index is 13.3. The van der Waals surface area contributed by atoms with E-state index in [-0.39, 0.29) is 23.4 Å². The van der Waals surface area contributed by atoms with Crippen LogP contribution in [0.2, 0.25) is 5.02 Å². The standard InChI is InChI=1S/C20H23ClN2O4S/c1-4-14(3)22-20(24)19-12-23(17-11-15(21)7-10-18(17)27-19)28(25,26)16-8-5-13(2)6-9-16/h5-11,14,19H,4,12H2,1-3H3,(H,22,24)/t14-,19+/m1/s1. The second-order valence-corrected chi connectivity index (χ2v) is 9.18. The van der Waals surface area contributed by atoms with Gasteiger partial charge in [0.05, 0.1) is 17.1 Å². The molecule has 0 aliphatic carbocycles. The summed E-state index contributed by atoms with van der Waals surface area (Å²) in [6, 6.07) is 11.3. The molecule has 0 bridgehead atoms. The highest BCUT2D eigenvalue weighted by Gasteiger charge is 2.37. The highest BCUT2D eigenvalue weighted by molar-refractivity contribution is 7.92. The predicted molar refractivity (Wildman–Crippen MR) is 109 cm³/mol. The SMILES string of the molecule is CC[C@@H](C)NC(=O)[C@@H]1CN(S(=O)(=O)c2ccc(C)cc2)c2cc(Cl)ccc2O1. The number of fused-ring (bicyclic) bond motifs is 1. The number of nitrogens with zero attached hydrogens (tertiary/aromatic N) is 1. The van der Waals surface area contributed by atoms with Crippen LogP contribution in [0.3, 0.4) is 0 Å². The number of halogens is 1. The number of benzene rings is 2. The predicted octanol–water partition coefficient (Wildman–Crippen LogP) is 3.52. The van der Waals surface area contributed by atoms with E-state index in [0.717, 1.165) is 12.0 Å². The number of sulfonamides is 1. The molecule has 1 aliphatic heterocycles. The first-order chi connectivity index (χ1) is 13.2. The van der Waals surface area contributed by atoms with Gasteiger partial charge in [0.25, 0.3) is 15.9 Å². The molecule has 1 amide bonds. The number of rotatable bonds is 5. The monoisotopic (exact) mass is 422 g/mol. The summed E-state index contributed by atoms with van der Waals surface area (Å²) in [4.78, 5) is 12.8. The number of nitrogens with one attached hydrogen (secondary N) is 1. The smallest absolute Gasteiger partial charge is 0.264 e. The first kappa shape index (κ1) is 20.5. The van der Waals surface area contributed by atoms with Crippen LogP contribution in [0.5, 0.6) is 5.75 Å². The van der Waals surface area contributed by atoms with Gasteiger partial charge in [0.15, 0.2) is 6.10 Å². The largest absolute Gasteiger partial charge is 0.476 e. The molecule has 3 rings (SSSR count). The van der Waals surface area contributed by atoms with Crippen molar-refractivity contribution in [1.29, 1.82) is 0 Å². The lowest BCUT2D eigenvalue weighted by Gasteiger charge is -2.35. The van der Waals surface area contributed by atoms with Gasteiger partial charge in [0, 0.05) is 11.1 Å². The Morgan fingerprint density at radius 1 is 1.29 bits per heavy atom. The molecule has 2 aromatic carbocycles. The summed E-state index contributed by atoms with van der Waals surface area (Å²) in [5, 5.41) is 3.23. The molecular weight excluding hydrogens is 400 g/mol. The molecule has 1 heterocycles. The van der Waals surface area contributed by atoms with Gasteiger partial charge in [0.2, 0.25) is 0 Å². The second-order valence-electron chi connectivity index (χ2n) is 6.89. The molecule has 2 atom stereocenters. The van der Waals surface area contributed by atoms with Crippen LogP contribution in [-0.4, -0.2) is 33.0 Å². The lowest BCUT2D eigenvalue weighted by atomic mass is 10.2. The fourth-order valence-electron chi connectivity index (χ4n) is 2.86. The minimum absolute atomic E-state index is 0.0372. The van der Waals surface area contributed by atoms with Crippen LogP contribution >= 0.6 is 11.6 Å². The summed E-state index contributed by atoms with van der Waals surface area (Å²) in [6.45, 7) is 5.59. The Kier molecular flexibility index (Phi) is 5.86. The molecule has 0 radical (unpaired) electrons. The van der Waals surface area contributed by atoms with E-state index in [2.05, 4.69) is 5.32 Å². The Labute approximate surface area is 170 Å². The van der Waals surface area contributed by atoms with Crippen LogP contribution in [0.1, 0.15) is 25.8 Å². The van der Waals surface area contributed by atoms with Gasteiger partial charge in [0.1, 0.15) is 5.75 Å². The van der Waals surface area contributed by atoms with Crippen LogP contribution in [0, 0.1) is 6.92 Å². The fourth-order valence-corrected chi connectivity index (χ4v) is 4.50. The zero-order valence-electron chi connectivity index (χ0n) is 16.0. The van der Waals surface area contributed by atoms with Gasteiger partial charge >= 0.3 is 0 Å². The first-order valence-electron chi connectivity index (χ1n) is 9.08. The molecule has 6 nitrogen and oxygen atoms in total. The molecule has 0 spiro atoms. The zero-order valence-corrected chi connectivity index (χ0v) is 17.5. The van der Waals surface area contributed by atoms with Crippen molar-refractivity contribution in [1.82, 2.24) is 5.32 Å². The summed E-state index contributed by atoms with van der Waals surface area (Å²) in [5.74, 6) is -0.0466. The molecule has 8 heteroatoms. The number of carbonyl (C=O) groups is 1. The maximum atomic E-state index is 13.3. The molecule has 2 aromatic rings. The molecule has 0 saturated heterocycles. The van der Waals surface area contributed by atoms with Crippen molar-refractivity contribution < 1.29 is 17.9 Å². The van der Waals surface area contributed by atoms with Crippen LogP contribution in [-0.2, 0) is 14.8 Å². The molecule has 150 valence electrons. The fraction of sp³-hybridized carbons (Fsp3) is 0.350. The topological polar surface area (TPSA) is 75.7 Å². The van der Waals surface area contributed by atoms with Crippen molar-refractivity contribution in [3.05, 3.63) is 53.1 Å². The van der Waals surface area contributed by atoms with Crippen molar-refractivity contribution in [2.75, 3.05) is 10.8 Å². The number of hydrogen-bond acceptors (Lipinski definition) is 4. The zero-order chi connectivity index (χ0) is 20.5. The summed E-state index contributed by atoms with van der Waals surface area (Å²) in [5.41, 5.74) is 1.27. The van der Waals surface area contributed by atoms with Gasteiger partial charge in [-0.3, -0.25) is 9.10 Å².